The molecule has 0 spiro atoms. The van der Waals surface area contributed by atoms with E-state index in [1.54, 1.807) is 17.9 Å². The number of piperazine rings is 1. The van der Waals surface area contributed by atoms with E-state index in [2.05, 4.69) is 25.7 Å². The number of aryl methyl sites for hydroxylation is 1. The number of nitrogens with one attached hydrogen (secondary N) is 2. The van der Waals surface area contributed by atoms with Crippen LogP contribution < -0.4 is 15.5 Å². The lowest BCUT2D eigenvalue weighted by atomic mass is 10.1. The van der Waals surface area contributed by atoms with Crippen molar-refractivity contribution in [1.29, 1.82) is 0 Å². The van der Waals surface area contributed by atoms with Gasteiger partial charge in [0.2, 0.25) is 5.91 Å². The van der Waals surface area contributed by atoms with Crippen LogP contribution in [0, 0.1) is 0 Å². The second kappa shape index (κ2) is 5.04. The highest BCUT2D eigenvalue weighted by molar-refractivity contribution is 5.91. The predicted octanol–water partition coefficient (Wildman–Crippen LogP) is -1.11. The van der Waals surface area contributed by atoms with Gasteiger partial charge in [-0.1, -0.05) is 0 Å². The van der Waals surface area contributed by atoms with Crippen LogP contribution in [0.15, 0.2) is 12.5 Å². The quantitative estimate of drug-likeness (QED) is 0.722. The third-order valence-corrected chi connectivity index (χ3v) is 3.57. The fraction of sp³-hybridized carbons (Fsp3) is 0.500. The molecule has 1 unspecified atom stereocenters. The van der Waals surface area contributed by atoms with Gasteiger partial charge in [-0.05, 0) is 0 Å². The van der Waals surface area contributed by atoms with Gasteiger partial charge in [0.1, 0.15) is 18.2 Å². The fourth-order valence-corrected chi connectivity index (χ4v) is 2.54. The van der Waals surface area contributed by atoms with E-state index in [9.17, 15) is 4.79 Å². The zero-order valence-electron chi connectivity index (χ0n) is 11.5. The standard InChI is InChI=1S/C12H17N7O/c1-13-12(20)9-6-14-3-4-19(9)11-8-5-17-18(2)10(8)15-7-16-11/h5,7,9,14H,3-4,6H2,1-2H3,(H,13,20). The van der Waals surface area contributed by atoms with Gasteiger partial charge in [0.15, 0.2) is 5.65 Å². The van der Waals surface area contributed by atoms with E-state index < -0.39 is 0 Å². The van der Waals surface area contributed by atoms with E-state index in [-0.39, 0.29) is 11.9 Å². The van der Waals surface area contributed by atoms with Crippen molar-refractivity contribution in [3.8, 4) is 0 Å². The normalized spacial score (nSPS) is 19.3. The first-order valence-electron chi connectivity index (χ1n) is 6.54. The lowest BCUT2D eigenvalue weighted by molar-refractivity contribution is -0.122. The number of hydrogen-bond donors (Lipinski definition) is 2. The van der Waals surface area contributed by atoms with Crippen LogP contribution in [0.4, 0.5) is 5.82 Å². The molecule has 0 bridgehead atoms. The first-order chi connectivity index (χ1) is 9.72. The second-order valence-electron chi connectivity index (χ2n) is 4.73. The molecule has 0 radical (unpaired) electrons. The van der Waals surface area contributed by atoms with Crippen LogP contribution in [0.5, 0.6) is 0 Å². The highest BCUT2D eigenvalue weighted by Crippen LogP contribution is 2.24. The van der Waals surface area contributed by atoms with Gasteiger partial charge in [0.25, 0.3) is 0 Å². The zero-order chi connectivity index (χ0) is 14.1. The van der Waals surface area contributed by atoms with E-state index >= 15 is 0 Å². The molecule has 0 aromatic carbocycles. The van der Waals surface area contributed by atoms with Crippen molar-refractivity contribution in [2.24, 2.45) is 7.05 Å². The minimum atomic E-state index is -0.271. The Balaban J connectivity index is 2.05. The summed E-state index contributed by atoms with van der Waals surface area (Å²) in [7, 11) is 3.49. The smallest absolute Gasteiger partial charge is 0.243 e. The summed E-state index contributed by atoms with van der Waals surface area (Å²) in [6, 6.07) is -0.271. The number of aromatic nitrogens is 4. The number of anilines is 1. The van der Waals surface area contributed by atoms with Crippen LogP contribution in [0.3, 0.4) is 0 Å². The molecule has 106 valence electrons. The van der Waals surface area contributed by atoms with Crippen LogP contribution >= 0.6 is 0 Å². The molecular weight excluding hydrogens is 258 g/mol. The third kappa shape index (κ3) is 1.97. The SMILES string of the molecule is CNC(=O)C1CNCCN1c1ncnc2c1cnn2C. The minimum Gasteiger partial charge on any atom is -0.357 e. The first-order valence-corrected chi connectivity index (χ1v) is 6.54. The molecule has 8 nitrogen and oxygen atoms in total. The maximum Gasteiger partial charge on any atom is 0.243 e. The number of fused-ring (bicyclic) bond motifs is 1. The fourth-order valence-electron chi connectivity index (χ4n) is 2.54. The summed E-state index contributed by atoms with van der Waals surface area (Å²) in [5.41, 5.74) is 0.768. The molecule has 1 aliphatic rings. The van der Waals surface area contributed by atoms with Gasteiger partial charge in [0.05, 0.1) is 11.6 Å². The van der Waals surface area contributed by atoms with E-state index in [4.69, 9.17) is 0 Å². The average Bonchev–Trinajstić information content (AvgIpc) is 2.88. The van der Waals surface area contributed by atoms with Gasteiger partial charge in [-0.25, -0.2) is 9.97 Å². The largest absolute Gasteiger partial charge is 0.357 e. The molecule has 2 aromatic heterocycles. The van der Waals surface area contributed by atoms with Crippen molar-refractivity contribution in [1.82, 2.24) is 30.4 Å². The van der Waals surface area contributed by atoms with Gasteiger partial charge in [-0.3, -0.25) is 9.48 Å². The summed E-state index contributed by atoms with van der Waals surface area (Å²) >= 11 is 0. The summed E-state index contributed by atoms with van der Waals surface area (Å²) in [5.74, 6) is 0.742. The Kier molecular flexibility index (Phi) is 3.23. The molecule has 3 rings (SSSR count). The molecule has 1 saturated heterocycles. The Bertz CT molecular complexity index is 638. The number of amides is 1. The van der Waals surface area contributed by atoms with Gasteiger partial charge in [-0.2, -0.15) is 5.10 Å². The number of rotatable bonds is 2. The Morgan fingerprint density at radius 2 is 2.35 bits per heavy atom. The Morgan fingerprint density at radius 3 is 3.15 bits per heavy atom. The number of nitrogens with zero attached hydrogens (tertiary/aromatic N) is 5. The molecule has 2 N–H and O–H groups in total. The van der Waals surface area contributed by atoms with Crippen molar-refractivity contribution >= 4 is 22.8 Å². The predicted molar refractivity (Wildman–Crippen MR) is 74.4 cm³/mol. The molecule has 20 heavy (non-hydrogen) atoms. The van der Waals surface area contributed by atoms with Crippen LogP contribution in [-0.4, -0.2) is 58.4 Å². The molecule has 0 saturated carbocycles. The van der Waals surface area contributed by atoms with E-state index in [0.717, 1.165) is 29.9 Å². The van der Waals surface area contributed by atoms with Crippen molar-refractivity contribution in [3.05, 3.63) is 12.5 Å². The minimum absolute atomic E-state index is 0.0205. The number of carbonyl (C=O) groups excluding carboxylic acids is 1. The topological polar surface area (TPSA) is 88.0 Å². The maximum absolute atomic E-state index is 12.0. The van der Waals surface area contributed by atoms with E-state index in [1.807, 2.05) is 11.9 Å². The first kappa shape index (κ1) is 12.8. The van der Waals surface area contributed by atoms with Crippen molar-refractivity contribution in [2.45, 2.75) is 6.04 Å². The summed E-state index contributed by atoms with van der Waals surface area (Å²) in [4.78, 5) is 22.6. The number of likely N-dealkylation sites (N-methyl/N-ethyl adjacent to an activating group) is 1. The lowest BCUT2D eigenvalue weighted by Gasteiger charge is -2.35. The van der Waals surface area contributed by atoms with Gasteiger partial charge in [0, 0.05) is 33.7 Å². The van der Waals surface area contributed by atoms with Crippen molar-refractivity contribution in [3.63, 3.8) is 0 Å². The highest BCUT2D eigenvalue weighted by Gasteiger charge is 2.30. The molecule has 1 aliphatic heterocycles. The molecular formula is C12H17N7O. The maximum atomic E-state index is 12.0. The summed E-state index contributed by atoms with van der Waals surface area (Å²) < 4.78 is 1.71. The molecule has 8 heteroatoms. The van der Waals surface area contributed by atoms with Gasteiger partial charge >= 0.3 is 0 Å². The second-order valence-corrected chi connectivity index (χ2v) is 4.73. The Morgan fingerprint density at radius 1 is 1.50 bits per heavy atom. The molecule has 3 heterocycles. The van der Waals surface area contributed by atoms with Crippen LogP contribution in [0.25, 0.3) is 11.0 Å². The average molecular weight is 275 g/mol. The summed E-state index contributed by atoms with van der Waals surface area (Å²) in [5, 5.41) is 11.0. The third-order valence-electron chi connectivity index (χ3n) is 3.57. The summed E-state index contributed by atoms with van der Waals surface area (Å²) in [6.07, 6.45) is 3.26. The van der Waals surface area contributed by atoms with Gasteiger partial charge < -0.3 is 15.5 Å². The monoisotopic (exact) mass is 275 g/mol. The number of carbonyl (C=O) groups is 1. The zero-order valence-corrected chi connectivity index (χ0v) is 11.5. The highest BCUT2D eigenvalue weighted by atomic mass is 16.2. The Labute approximate surface area is 116 Å². The van der Waals surface area contributed by atoms with Gasteiger partial charge in [-0.15, -0.1) is 0 Å². The molecule has 2 aromatic rings. The van der Waals surface area contributed by atoms with E-state index in [1.165, 1.54) is 6.33 Å². The molecule has 1 amide bonds. The lowest BCUT2D eigenvalue weighted by Crippen LogP contribution is -2.58. The molecule has 0 aliphatic carbocycles. The number of hydrogen-bond acceptors (Lipinski definition) is 6. The Hall–Kier alpha value is -2.22. The summed E-state index contributed by atoms with van der Waals surface area (Å²) in [6.45, 7) is 2.14. The van der Waals surface area contributed by atoms with E-state index in [0.29, 0.717) is 6.54 Å². The van der Waals surface area contributed by atoms with Crippen molar-refractivity contribution < 1.29 is 4.79 Å². The molecule has 1 atom stereocenters. The van der Waals surface area contributed by atoms with Crippen LogP contribution in [-0.2, 0) is 11.8 Å². The van der Waals surface area contributed by atoms with Crippen molar-refractivity contribution in [2.75, 3.05) is 31.6 Å². The van der Waals surface area contributed by atoms with Crippen LogP contribution in [0.2, 0.25) is 0 Å². The molecule has 1 fully saturated rings. The van der Waals surface area contributed by atoms with Crippen LogP contribution in [0.1, 0.15) is 0 Å².